The molecule has 1 atom stereocenters. The van der Waals surface area contributed by atoms with Crippen LogP contribution in [0.25, 0.3) is 10.8 Å². The van der Waals surface area contributed by atoms with Crippen molar-refractivity contribution >= 4 is 40.2 Å². The first kappa shape index (κ1) is 25.4. The van der Waals surface area contributed by atoms with Crippen molar-refractivity contribution in [2.75, 3.05) is 25.0 Å². The van der Waals surface area contributed by atoms with Crippen molar-refractivity contribution in [2.24, 2.45) is 5.73 Å². The van der Waals surface area contributed by atoms with Crippen LogP contribution in [0, 0.1) is 5.82 Å². The Morgan fingerprint density at radius 3 is 2.74 bits per heavy atom. The molecule has 10 heteroatoms. The van der Waals surface area contributed by atoms with Gasteiger partial charge in [-0.15, -0.1) is 0 Å². The molecule has 2 amide bonds. The monoisotopic (exact) mass is 487 g/mol. The highest BCUT2D eigenvalue weighted by atomic mass is 35.5. The van der Waals surface area contributed by atoms with Gasteiger partial charge in [0.25, 0.3) is 0 Å². The fourth-order valence-corrected chi connectivity index (χ4v) is 3.50. The second kappa shape index (κ2) is 12.8. The molecule has 180 valence electrons. The molecule has 34 heavy (non-hydrogen) atoms. The molecule has 1 heterocycles. The minimum absolute atomic E-state index is 0.0147. The van der Waals surface area contributed by atoms with Gasteiger partial charge >= 0.3 is 6.09 Å². The topological polar surface area (TPSA) is 118 Å². The highest BCUT2D eigenvalue weighted by molar-refractivity contribution is 6.31. The SMILES string of the molecule is NCCC[C@@H](COC(=O)Nc1cc2ccccc2cn1)NC(=O)CNCc1cccc(F)c1Cl. The summed E-state index contributed by atoms with van der Waals surface area (Å²) < 4.78 is 18.8. The van der Waals surface area contributed by atoms with Crippen molar-refractivity contribution in [1.82, 2.24) is 15.6 Å². The third-order valence-electron chi connectivity index (χ3n) is 5.03. The summed E-state index contributed by atoms with van der Waals surface area (Å²) in [6.07, 6.45) is 2.18. The lowest BCUT2D eigenvalue weighted by Crippen LogP contribution is -2.43. The maximum Gasteiger partial charge on any atom is 0.412 e. The molecule has 0 aliphatic heterocycles. The zero-order valence-electron chi connectivity index (χ0n) is 18.5. The lowest BCUT2D eigenvalue weighted by Gasteiger charge is -2.19. The van der Waals surface area contributed by atoms with E-state index in [1.54, 1.807) is 24.4 Å². The number of anilines is 1. The van der Waals surface area contributed by atoms with E-state index in [1.165, 1.54) is 6.07 Å². The Hall–Kier alpha value is -3.27. The molecule has 5 N–H and O–H groups in total. The first-order valence-electron chi connectivity index (χ1n) is 10.9. The second-order valence-electron chi connectivity index (χ2n) is 7.65. The van der Waals surface area contributed by atoms with Gasteiger partial charge in [-0.25, -0.2) is 14.2 Å². The Morgan fingerprint density at radius 2 is 1.94 bits per heavy atom. The van der Waals surface area contributed by atoms with Gasteiger partial charge in [0.2, 0.25) is 5.91 Å². The van der Waals surface area contributed by atoms with Crippen molar-refractivity contribution in [3.8, 4) is 0 Å². The number of nitrogens with zero attached hydrogens (tertiary/aromatic N) is 1. The molecule has 3 aromatic rings. The average molecular weight is 488 g/mol. The average Bonchev–Trinajstić information content (AvgIpc) is 2.83. The fraction of sp³-hybridized carbons (Fsp3) is 0.292. The van der Waals surface area contributed by atoms with Crippen LogP contribution in [0.3, 0.4) is 0 Å². The zero-order chi connectivity index (χ0) is 24.3. The van der Waals surface area contributed by atoms with Crippen LogP contribution < -0.4 is 21.7 Å². The van der Waals surface area contributed by atoms with E-state index in [0.717, 1.165) is 10.8 Å². The number of nitrogens with one attached hydrogen (secondary N) is 3. The number of pyridine rings is 1. The van der Waals surface area contributed by atoms with Crippen LogP contribution in [0.5, 0.6) is 0 Å². The first-order valence-corrected chi connectivity index (χ1v) is 11.3. The minimum Gasteiger partial charge on any atom is -0.447 e. The summed E-state index contributed by atoms with van der Waals surface area (Å²) in [6, 6.07) is 13.5. The van der Waals surface area contributed by atoms with Crippen LogP contribution in [0.4, 0.5) is 15.0 Å². The van der Waals surface area contributed by atoms with Crippen LogP contribution in [-0.4, -0.2) is 42.7 Å². The molecule has 0 saturated carbocycles. The van der Waals surface area contributed by atoms with E-state index < -0.39 is 18.0 Å². The number of hydrogen-bond acceptors (Lipinski definition) is 6. The third-order valence-corrected chi connectivity index (χ3v) is 5.45. The smallest absolute Gasteiger partial charge is 0.412 e. The summed E-state index contributed by atoms with van der Waals surface area (Å²) in [4.78, 5) is 28.8. The lowest BCUT2D eigenvalue weighted by molar-refractivity contribution is -0.121. The van der Waals surface area contributed by atoms with Gasteiger partial charge in [-0.05, 0) is 42.5 Å². The van der Waals surface area contributed by atoms with Crippen molar-refractivity contribution < 1.29 is 18.7 Å². The van der Waals surface area contributed by atoms with Gasteiger partial charge in [0.15, 0.2) is 0 Å². The fourth-order valence-electron chi connectivity index (χ4n) is 3.30. The highest BCUT2D eigenvalue weighted by Crippen LogP contribution is 2.19. The van der Waals surface area contributed by atoms with Crippen LogP contribution in [0.1, 0.15) is 18.4 Å². The zero-order valence-corrected chi connectivity index (χ0v) is 19.3. The number of carbonyl (C=O) groups is 2. The van der Waals surface area contributed by atoms with Crippen molar-refractivity contribution in [3.05, 3.63) is 71.1 Å². The van der Waals surface area contributed by atoms with E-state index >= 15 is 0 Å². The Bertz CT molecular complexity index is 1130. The van der Waals surface area contributed by atoms with Crippen molar-refractivity contribution in [2.45, 2.75) is 25.4 Å². The van der Waals surface area contributed by atoms with Crippen LogP contribution in [-0.2, 0) is 16.1 Å². The second-order valence-corrected chi connectivity index (χ2v) is 8.03. The molecule has 0 fully saturated rings. The standard InChI is InChI=1S/C24H27ClFN5O3/c25-23-18(7-3-9-20(23)26)12-28-14-22(32)30-19(8-4-10-27)15-34-24(33)31-21-11-16-5-1-2-6-17(16)13-29-21/h1-3,5-7,9,11,13,19,28H,4,8,10,12,14-15,27H2,(H,30,32)(H,29,31,33)/t19-/m0/s1. The molecule has 0 bridgehead atoms. The molecular formula is C24H27ClFN5O3. The summed E-state index contributed by atoms with van der Waals surface area (Å²) in [7, 11) is 0. The van der Waals surface area contributed by atoms with Crippen LogP contribution in [0.15, 0.2) is 54.7 Å². The number of benzene rings is 2. The van der Waals surface area contributed by atoms with Gasteiger partial charge in [-0.1, -0.05) is 48.0 Å². The van der Waals surface area contributed by atoms with Gasteiger partial charge < -0.3 is 21.1 Å². The van der Waals surface area contributed by atoms with E-state index in [4.69, 9.17) is 22.1 Å². The third kappa shape index (κ3) is 7.65. The van der Waals surface area contributed by atoms with Gasteiger partial charge in [0, 0.05) is 18.1 Å². The quantitative estimate of drug-likeness (QED) is 0.328. The molecule has 0 unspecified atom stereocenters. The number of rotatable bonds is 11. The largest absolute Gasteiger partial charge is 0.447 e. The summed E-state index contributed by atoms with van der Waals surface area (Å²) in [5, 5.41) is 10.3. The summed E-state index contributed by atoms with van der Waals surface area (Å²) in [5.74, 6) is -0.442. The predicted octanol–water partition coefficient (Wildman–Crippen LogP) is 3.59. The minimum atomic E-state index is -0.673. The van der Waals surface area contributed by atoms with Crippen LogP contribution >= 0.6 is 11.6 Å². The molecular weight excluding hydrogens is 461 g/mol. The highest BCUT2D eigenvalue weighted by Gasteiger charge is 2.15. The predicted molar refractivity (Wildman–Crippen MR) is 130 cm³/mol. The molecule has 0 aliphatic carbocycles. The molecule has 1 aromatic heterocycles. The number of ether oxygens (including phenoxy) is 1. The molecule has 0 aliphatic rings. The van der Waals surface area contributed by atoms with Crippen molar-refractivity contribution in [1.29, 1.82) is 0 Å². The first-order chi connectivity index (χ1) is 16.5. The molecule has 8 nitrogen and oxygen atoms in total. The number of nitrogens with two attached hydrogens (primary N) is 1. The number of fused-ring (bicyclic) bond motifs is 1. The van der Waals surface area contributed by atoms with Crippen molar-refractivity contribution in [3.63, 3.8) is 0 Å². The molecule has 0 radical (unpaired) electrons. The lowest BCUT2D eigenvalue weighted by atomic mass is 10.1. The number of halogens is 2. The van der Waals surface area contributed by atoms with Crippen LogP contribution in [0.2, 0.25) is 5.02 Å². The summed E-state index contributed by atoms with van der Waals surface area (Å²) >= 11 is 5.92. The number of carbonyl (C=O) groups excluding carboxylic acids is 2. The summed E-state index contributed by atoms with van der Waals surface area (Å²) in [6.45, 7) is 0.630. The molecule has 3 rings (SSSR count). The van der Waals surface area contributed by atoms with Gasteiger partial charge in [-0.3, -0.25) is 10.1 Å². The van der Waals surface area contributed by atoms with Gasteiger partial charge in [0.1, 0.15) is 18.2 Å². The van der Waals surface area contributed by atoms with Gasteiger partial charge in [0.05, 0.1) is 17.6 Å². The van der Waals surface area contributed by atoms with E-state index in [-0.39, 0.29) is 30.6 Å². The number of aromatic nitrogens is 1. The molecule has 0 spiro atoms. The Balaban J connectivity index is 1.46. The molecule has 0 saturated heterocycles. The van der Waals surface area contributed by atoms with E-state index in [0.29, 0.717) is 30.8 Å². The summed E-state index contributed by atoms with van der Waals surface area (Å²) in [5.41, 5.74) is 6.14. The van der Waals surface area contributed by atoms with Gasteiger partial charge in [-0.2, -0.15) is 0 Å². The maximum absolute atomic E-state index is 13.5. The normalized spacial score (nSPS) is 11.7. The van der Waals surface area contributed by atoms with E-state index in [1.807, 2.05) is 24.3 Å². The maximum atomic E-state index is 13.5. The Labute approximate surface area is 202 Å². The Kier molecular flexibility index (Phi) is 9.57. The Morgan fingerprint density at radius 1 is 1.15 bits per heavy atom. The van der Waals surface area contributed by atoms with E-state index in [9.17, 15) is 14.0 Å². The van der Waals surface area contributed by atoms with E-state index in [2.05, 4.69) is 20.9 Å². The number of hydrogen-bond donors (Lipinski definition) is 4. The molecule has 2 aromatic carbocycles. The number of amides is 2.